The number of fused-ring (bicyclic) bond motifs is 14. The first-order chi connectivity index (χ1) is 22.4. The monoisotopic (exact) mass is 600 g/mol. The van der Waals surface area contributed by atoms with E-state index in [0.717, 1.165) is 51.8 Å². The molecule has 6 aromatic carbocycles. The smallest absolute Gasteiger partial charge is 0.158 e. The topological polar surface area (TPSA) is 80.9 Å². The summed E-state index contributed by atoms with van der Waals surface area (Å²) in [5, 5.41) is 44.4. The van der Waals surface area contributed by atoms with Crippen LogP contribution in [0.4, 0.5) is 0 Å². The van der Waals surface area contributed by atoms with Crippen LogP contribution in [0.1, 0.15) is 52.6 Å². The van der Waals surface area contributed by atoms with Crippen molar-refractivity contribution in [1.29, 1.82) is 0 Å². The molecule has 0 saturated carbocycles. The van der Waals surface area contributed by atoms with Gasteiger partial charge in [0.25, 0.3) is 0 Å². The summed E-state index contributed by atoms with van der Waals surface area (Å²) >= 11 is 0. The highest BCUT2D eigenvalue weighted by Gasteiger charge is 2.54. The van der Waals surface area contributed by atoms with Crippen LogP contribution in [0.5, 0.6) is 23.0 Å². The summed E-state index contributed by atoms with van der Waals surface area (Å²) in [6.45, 7) is 0. The Kier molecular flexibility index (Phi) is 5.56. The quantitative estimate of drug-likeness (QED) is 0.131. The van der Waals surface area contributed by atoms with Gasteiger partial charge in [-0.15, -0.1) is 0 Å². The van der Waals surface area contributed by atoms with E-state index >= 15 is 0 Å². The van der Waals surface area contributed by atoms with Gasteiger partial charge < -0.3 is 20.4 Å². The molecule has 3 aliphatic rings. The standard InChI is InChI=1S/C42H32O4/c43-37-21-31-28-12-4-3-11-27(28)26-10-2-1-9-25(26)17-18-41(34(31)22-38(37)44)19-20-42(36-24-40(46)39(45)23-35(36)41)32-15-7-5-13-29(32)30-14-6-8-16-33(30)42/h1-16,21-24,43-46H,17-20H2. The molecule has 0 heterocycles. The van der Waals surface area contributed by atoms with Crippen LogP contribution in [0, 0.1) is 0 Å². The van der Waals surface area contributed by atoms with Gasteiger partial charge in [0.15, 0.2) is 23.0 Å². The predicted octanol–water partition coefficient (Wildman–Crippen LogP) is 9.18. The molecule has 4 N–H and O–H groups in total. The third-order valence-corrected chi connectivity index (χ3v) is 11.1. The van der Waals surface area contributed by atoms with Crippen molar-refractivity contribution in [1.82, 2.24) is 0 Å². The molecular weight excluding hydrogens is 568 g/mol. The lowest BCUT2D eigenvalue weighted by Crippen LogP contribution is -2.42. The van der Waals surface area contributed by atoms with E-state index < -0.39 is 10.8 Å². The van der Waals surface area contributed by atoms with Crippen molar-refractivity contribution in [3.63, 3.8) is 0 Å². The van der Waals surface area contributed by atoms with Crippen LogP contribution < -0.4 is 0 Å². The third kappa shape index (κ3) is 3.44. The minimum absolute atomic E-state index is 0.149. The van der Waals surface area contributed by atoms with Crippen molar-refractivity contribution in [3.8, 4) is 56.4 Å². The molecular formula is C42H32O4. The van der Waals surface area contributed by atoms with Crippen molar-refractivity contribution in [2.24, 2.45) is 0 Å². The van der Waals surface area contributed by atoms with E-state index in [1.165, 1.54) is 27.8 Å². The Morgan fingerprint density at radius 3 is 1.50 bits per heavy atom. The lowest BCUT2D eigenvalue weighted by molar-refractivity contribution is 0.338. The van der Waals surface area contributed by atoms with Crippen LogP contribution in [-0.2, 0) is 17.3 Å². The highest BCUT2D eigenvalue weighted by atomic mass is 16.3. The lowest BCUT2D eigenvalue weighted by atomic mass is 9.53. The number of aromatic hydroxyl groups is 4. The fraction of sp³-hybridized carbons (Fsp3) is 0.143. The SMILES string of the molecule is Oc1cc2c(cc1O)C1(CCc3ccccc3-c3ccccc3-2)CCC2(c3ccccc3-c3ccccc32)c2cc(O)c(O)cc21. The van der Waals surface area contributed by atoms with Gasteiger partial charge >= 0.3 is 0 Å². The molecule has 9 rings (SSSR count). The number of hydrogen-bond donors (Lipinski definition) is 4. The van der Waals surface area contributed by atoms with Gasteiger partial charge in [-0.2, -0.15) is 0 Å². The first-order valence-electron chi connectivity index (χ1n) is 15.9. The third-order valence-electron chi connectivity index (χ3n) is 11.1. The minimum Gasteiger partial charge on any atom is -0.504 e. The van der Waals surface area contributed by atoms with Crippen LogP contribution in [0.15, 0.2) is 121 Å². The Labute approximate surface area is 267 Å². The maximum Gasteiger partial charge on any atom is 0.158 e. The van der Waals surface area contributed by atoms with Crippen molar-refractivity contribution >= 4 is 0 Å². The molecule has 2 spiro atoms. The molecule has 0 radical (unpaired) electrons. The summed E-state index contributed by atoms with van der Waals surface area (Å²) in [4.78, 5) is 0. The number of hydrogen-bond acceptors (Lipinski definition) is 4. The summed E-state index contributed by atoms with van der Waals surface area (Å²) in [5.41, 5.74) is 11.6. The Balaban J connectivity index is 1.41. The number of phenols is 4. The van der Waals surface area contributed by atoms with E-state index in [1.54, 1.807) is 24.3 Å². The Morgan fingerprint density at radius 1 is 0.370 bits per heavy atom. The second-order valence-electron chi connectivity index (χ2n) is 13.1. The molecule has 0 fully saturated rings. The summed E-state index contributed by atoms with van der Waals surface area (Å²) in [6.07, 6.45) is 2.93. The fourth-order valence-electron chi connectivity index (χ4n) is 9.05. The van der Waals surface area contributed by atoms with E-state index in [1.807, 2.05) is 12.1 Å². The maximum absolute atomic E-state index is 11.2. The van der Waals surface area contributed by atoms with Gasteiger partial charge in [0.05, 0.1) is 0 Å². The number of phenolic OH excluding ortho intramolecular Hbond substituents is 4. The van der Waals surface area contributed by atoms with Crippen LogP contribution >= 0.6 is 0 Å². The van der Waals surface area contributed by atoms with Gasteiger partial charge in [-0.05, 0) is 117 Å². The highest BCUT2D eigenvalue weighted by Crippen LogP contribution is 2.64. The van der Waals surface area contributed by atoms with Gasteiger partial charge in [-0.3, -0.25) is 0 Å². The molecule has 46 heavy (non-hydrogen) atoms. The molecule has 0 aromatic heterocycles. The van der Waals surface area contributed by atoms with E-state index in [4.69, 9.17) is 0 Å². The zero-order chi connectivity index (χ0) is 31.2. The summed E-state index contributed by atoms with van der Waals surface area (Å²) in [5.74, 6) is -0.658. The summed E-state index contributed by atoms with van der Waals surface area (Å²) in [6, 6.07) is 40.8. The van der Waals surface area contributed by atoms with E-state index in [2.05, 4.69) is 84.9 Å². The average molecular weight is 601 g/mol. The highest BCUT2D eigenvalue weighted by molar-refractivity contribution is 5.89. The molecule has 6 aromatic rings. The van der Waals surface area contributed by atoms with Crippen LogP contribution in [0.2, 0.25) is 0 Å². The normalized spacial score (nSPS) is 18.3. The molecule has 224 valence electrons. The number of aryl methyl sites for hydroxylation is 1. The second-order valence-corrected chi connectivity index (χ2v) is 13.1. The molecule has 0 saturated heterocycles. The van der Waals surface area contributed by atoms with Gasteiger partial charge in [0, 0.05) is 10.8 Å². The van der Waals surface area contributed by atoms with E-state index in [-0.39, 0.29) is 23.0 Å². The van der Waals surface area contributed by atoms with Gasteiger partial charge in [-0.25, -0.2) is 0 Å². The lowest BCUT2D eigenvalue weighted by Gasteiger charge is -2.49. The molecule has 1 atom stereocenters. The predicted molar refractivity (Wildman–Crippen MR) is 181 cm³/mol. The first-order valence-corrected chi connectivity index (χ1v) is 15.9. The van der Waals surface area contributed by atoms with Gasteiger partial charge in [0.1, 0.15) is 0 Å². The van der Waals surface area contributed by atoms with E-state index in [9.17, 15) is 20.4 Å². The minimum atomic E-state index is -0.663. The Hall–Kier alpha value is -5.48. The van der Waals surface area contributed by atoms with Crippen molar-refractivity contribution in [2.75, 3.05) is 0 Å². The van der Waals surface area contributed by atoms with Crippen molar-refractivity contribution in [2.45, 2.75) is 36.5 Å². The van der Waals surface area contributed by atoms with Crippen molar-refractivity contribution < 1.29 is 20.4 Å². The van der Waals surface area contributed by atoms with Crippen LogP contribution in [0.3, 0.4) is 0 Å². The zero-order valence-corrected chi connectivity index (χ0v) is 25.2. The summed E-state index contributed by atoms with van der Waals surface area (Å²) in [7, 11) is 0. The van der Waals surface area contributed by atoms with Crippen LogP contribution in [0.25, 0.3) is 33.4 Å². The molecule has 0 aliphatic heterocycles. The molecule has 0 amide bonds. The fourth-order valence-corrected chi connectivity index (χ4v) is 9.05. The average Bonchev–Trinajstić information content (AvgIpc) is 3.38. The summed E-state index contributed by atoms with van der Waals surface area (Å²) < 4.78 is 0. The molecule has 0 bridgehead atoms. The number of benzene rings is 6. The molecule has 3 aliphatic carbocycles. The molecule has 4 heteroatoms. The van der Waals surface area contributed by atoms with Crippen LogP contribution in [-0.4, -0.2) is 20.4 Å². The van der Waals surface area contributed by atoms with Gasteiger partial charge in [0.2, 0.25) is 0 Å². The zero-order valence-electron chi connectivity index (χ0n) is 25.2. The van der Waals surface area contributed by atoms with E-state index in [0.29, 0.717) is 12.8 Å². The largest absolute Gasteiger partial charge is 0.504 e. The molecule has 1 unspecified atom stereocenters. The van der Waals surface area contributed by atoms with Crippen molar-refractivity contribution in [3.05, 3.63) is 155 Å². The Bertz CT molecular complexity index is 2190. The van der Waals surface area contributed by atoms with Gasteiger partial charge in [-0.1, -0.05) is 97.1 Å². The number of rotatable bonds is 0. The molecule has 4 nitrogen and oxygen atoms in total. The maximum atomic E-state index is 11.2. The first kappa shape index (κ1) is 26.9. The Morgan fingerprint density at radius 2 is 0.848 bits per heavy atom. The second kappa shape index (κ2) is 9.51.